The molecule has 0 fully saturated rings. The van der Waals surface area contributed by atoms with Gasteiger partial charge < -0.3 is 9.67 Å². The number of halogens is 1. The fourth-order valence-corrected chi connectivity index (χ4v) is 1.28. The zero-order valence-electron chi connectivity index (χ0n) is 7.25. The molecule has 0 amide bonds. The zero-order chi connectivity index (χ0) is 9.26. The van der Waals surface area contributed by atoms with Crippen molar-refractivity contribution >= 4 is 29.4 Å². The SMILES string of the molecule is Cl.O=C(O)Cn1cnc2ccccc21. The van der Waals surface area contributed by atoms with E-state index in [1.807, 2.05) is 24.3 Å². The number of hydrogen-bond donors (Lipinski definition) is 1. The summed E-state index contributed by atoms with van der Waals surface area (Å²) in [4.78, 5) is 14.5. The molecule has 1 aromatic heterocycles. The van der Waals surface area contributed by atoms with Crippen molar-refractivity contribution < 1.29 is 9.90 Å². The fourth-order valence-electron chi connectivity index (χ4n) is 1.28. The number of hydrogen-bond acceptors (Lipinski definition) is 2. The summed E-state index contributed by atoms with van der Waals surface area (Å²) < 4.78 is 1.61. The van der Waals surface area contributed by atoms with Gasteiger partial charge in [-0.25, -0.2) is 4.98 Å². The Labute approximate surface area is 86.6 Å². The molecule has 4 nitrogen and oxygen atoms in total. The number of aliphatic carboxylic acids is 1. The lowest BCUT2D eigenvalue weighted by molar-refractivity contribution is -0.137. The Bertz CT molecular complexity index is 453. The van der Waals surface area contributed by atoms with Crippen molar-refractivity contribution in [3.05, 3.63) is 30.6 Å². The summed E-state index contributed by atoms with van der Waals surface area (Å²) >= 11 is 0. The number of benzene rings is 1. The quantitative estimate of drug-likeness (QED) is 0.822. The zero-order valence-corrected chi connectivity index (χ0v) is 8.07. The number of para-hydroxylation sites is 2. The van der Waals surface area contributed by atoms with Crippen molar-refractivity contribution in [1.29, 1.82) is 0 Å². The highest BCUT2D eigenvalue weighted by Gasteiger charge is 2.03. The second-order valence-corrected chi connectivity index (χ2v) is 2.75. The average molecular weight is 213 g/mol. The maximum absolute atomic E-state index is 10.5. The largest absolute Gasteiger partial charge is 0.480 e. The first-order valence-corrected chi connectivity index (χ1v) is 3.89. The van der Waals surface area contributed by atoms with E-state index in [1.54, 1.807) is 10.9 Å². The van der Waals surface area contributed by atoms with Gasteiger partial charge in [-0.05, 0) is 12.1 Å². The molecule has 0 radical (unpaired) electrons. The van der Waals surface area contributed by atoms with Crippen LogP contribution in [0.15, 0.2) is 30.6 Å². The van der Waals surface area contributed by atoms with Gasteiger partial charge in [0.2, 0.25) is 0 Å². The number of imidazole rings is 1. The Kier molecular flexibility index (Phi) is 3.09. The van der Waals surface area contributed by atoms with Gasteiger partial charge in [0.05, 0.1) is 17.4 Å². The summed E-state index contributed by atoms with van der Waals surface area (Å²) in [6.07, 6.45) is 1.54. The molecule has 1 heterocycles. The number of carboxylic acids is 1. The van der Waals surface area contributed by atoms with Crippen molar-refractivity contribution in [3.8, 4) is 0 Å². The van der Waals surface area contributed by atoms with E-state index < -0.39 is 5.97 Å². The normalized spacial score (nSPS) is 9.71. The first-order valence-electron chi connectivity index (χ1n) is 3.89. The minimum absolute atomic E-state index is 0. The number of carboxylic acid groups (broad SMARTS) is 1. The molecule has 1 N–H and O–H groups in total. The van der Waals surface area contributed by atoms with Crippen molar-refractivity contribution in [1.82, 2.24) is 9.55 Å². The number of nitrogens with zero attached hydrogens (tertiary/aromatic N) is 2. The molecule has 0 atom stereocenters. The van der Waals surface area contributed by atoms with Crippen LogP contribution in [0.5, 0.6) is 0 Å². The molecular weight excluding hydrogens is 204 g/mol. The summed E-state index contributed by atoms with van der Waals surface area (Å²) in [5.74, 6) is -0.858. The molecule has 74 valence electrons. The Morgan fingerprint density at radius 3 is 2.86 bits per heavy atom. The molecule has 2 aromatic rings. The Morgan fingerprint density at radius 2 is 2.14 bits per heavy atom. The van der Waals surface area contributed by atoms with Crippen molar-refractivity contribution in [2.75, 3.05) is 0 Å². The highest BCUT2D eigenvalue weighted by Crippen LogP contribution is 2.10. The molecule has 5 heteroatoms. The molecule has 2 rings (SSSR count). The van der Waals surface area contributed by atoms with Crippen LogP contribution in [0.4, 0.5) is 0 Å². The lowest BCUT2D eigenvalue weighted by atomic mass is 10.3. The van der Waals surface area contributed by atoms with E-state index in [2.05, 4.69) is 4.98 Å². The molecule has 0 aliphatic rings. The lowest BCUT2D eigenvalue weighted by Crippen LogP contribution is -2.07. The summed E-state index contributed by atoms with van der Waals surface area (Å²) in [6, 6.07) is 7.45. The minimum atomic E-state index is -0.858. The average Bonchev–Trinajstić information content (AvgIpc) is 2.48. The number of carbonyl (C=O) groups is 1. The predicted molar refractivity (Wildman–Crippen MR) is 54.6 cm³/mol. The summed E-state index contributed by atoms with van der Waals surface area (Å²) in [7, 11) is 0. The Balaban J connectivity index is 0.000000980. The standard InChI is InChI=1S/C9H8N2O2.ClH/c12-9(13)5-11-6-10-7-3-1-2-4-8(7)11;/h1-4,6H,5H2,(H,12,13);1H. The van der Waals surface area contributed by atoms with E-state index in [0.29, 0.717) is 0 Å². The molecule has 1 aromatic carbocycles. The first kappa shape index (κ1) is 10.5. The van der Waals surface area contributed by atoms with E-state index in [9.17, 15) is 4.79 Å². The number of fused-ring (bicyclic) bond motifs is 1. The molecule has 0 aliphatic carbocycles. The van der Waals surface area contributed by atoms with Crippen LogP contribution in [0.3, 0.4) is 0 Å². The van der Waals surface area contributed by atoms with Gasteiger partial charge in [-0.15, -0.1) is 12.4 Å². The van der Waals surface area contributed by atoms with Gasteiger partial charge in [-0.1, -0.05) is 12.1 Å². The molecule has 0 bridgehead atoms. The minimum Gasteiger partial charge on any atom is -0.480 e. The molecule has 0 unspecified atom stereocenters. The molecule has 0 spiro atoms. The van der Waals surface area contributed by atoms with Crippen LogP contribution < -0.4 is 0 Å². The summed E-state index contributed by atoms with van der Waals surface area (Å²) in [6.45, 7) is -0.0412. The van der Waals surface area contributed by atoms with Crippen molar-refractivity contribution in [3.63, 3.8) is 0 Å². The predicted octanol–water partition coefficient (Wildman–Crippen LogP) is 1.54. The molecule has 0 saturated heterocycles. The lowest BCUT2D eigenvalue weighted by Gasteiger charge is -1.97. The van der Waals surface area contributed by atoms with Gasteiger partial charge in [0.1, 0.15) is 6.54 Å². The van der Waals surface area contributed by atoms with E-state index in [1.165, 1.54) is 0 Å². The third-order valence-corrected chi connectivity index (χ3v) is 1.83. The van der Waals surface area contributed by atoms with Gasteiger partial charge >= 0.3 is 5.97 Å². The van der Waals surface area contributed by atoms with E-state index in [-0.39, 0.29) is 19.0 Å². The van der Waals surface area contributed by atoms with Crippen LogP contribution >= 0.6 is 12.4 Å². The maximum Gasteiger partial charge on any atom is 0.323 e. The van der Waals surface area contributed by atoms with Crippen molar-refractivity contribution in [2.24, 2.45) is 0 Å². The van der Waals surface area contributed by atoms with Gasteiger partial charge in [0, 0.05) is 0 Å². The monoisotopic (exact) mass is 212 g/mol. The fraction of sp³-hybridized carbons (Fsp3) is 0.111. The van der Waals surface area contributed by atoms with Crippen LogP contribution in [-0.4, -0.2) is 20.6 Å². The Hall–Kier alpha value is -1.55. The second-order valence-electron chi connectivity index (χ2n) is 2.75. The van der Waals surface area contributed by atoms with Crippen LogP contribution in [0.2, 0.25) is 0 Å². The first-order chi connectivity index (χ1) is 6.27. The van der Waals surface area contributed by atoms with Crippen LogP contribution in [-0.2, 0) is 11.3 Å². The highest BCUT2D eigenvalue weighted by atomic mass is 35.5. The van der Waals surface area contributed by atoms with E-state index >= 15 is 0 Å². The topological polar surface area (TPSA) is 55.1 Å². The number of aromatic nitrogens is 2. The maximum atomic E-state index is 10.5. The Morgan fingerprint density at radius 1 is 1.43 bits per heavy atom. The molecule has 14 heavy (non-hydrogen) atoms. The third-order valence-electron chi connectivity index (χ3n) is 1.83. The van der Waals surface area contributed by atoms with Crippen LogP contribution in [0, 0.1) is 0 Å². The van der Waals surface area contributed by atoms with Crippen LogP contribution in [0.25, 0.3) is 11.0 Å². The smallest absolute Gasteiger partial charge is 0.323 e. The van der Waals surface area contributed by atoms with Gasteiger partial charge in [0.25, 0.3) is 0 Å². The number of rotatable bonds is 2. The summed E-state index contributed by atoms with van der Waals surface area (Å²) in [5.41, 5.74) is 1.67. The van der Waals surface area contributed by atoms with Gasteiger partial charge in [-0.3, -0.25) is 4.79 Å². The van der Waals surface area contributed by atoms with E-state index in [4.69, 9.17) is 5.11 Å². The highest BCUT2D eigenvalue weighted by molar-refractivity contribution is 5.85. The molecule has 0 saturated carbocycles. The van der Waals surface area contributed by atoms with Crippen LogP contribution in [0.1, 0.15) is 0 Å². The second kappa shape index (κ2) is 4.11. The third kappa shape index (κ3) is 1.85. The van der Waals surface area contributed by atoms with Gasteiger partial charge in [0.15, 0.2) is 0 Å². The van der Waals surface area contributed by atoms with Gasteiger partial charge in [-0.2, -0.15) is 0 Å². The van der Waals surface area contributed by atoms with Crippen molar-refractivity contribution in [2.45, 2.75) is 6.54 Å². The summed E-state index contributed by atoms with van der Waals surface area (Å²) in [5, 5.41) is 8.60. The van der Waals surface area contributed by atoms with E-state index in [0.717, 1.165) is 11.0 Å². The molecular formula is C9H9ClN2O2. The molecule has 0 aliphatic heterocycles.